The second kappa shape index (κ2) is 10.3. The van der Waals surface area contributed by atoms with E-state index in [1.165, 1.54) is 37.6 Å². The first-order chi connectivity index (χ1) is 18.3. The molecule has 3 heterocycles. The third kappa shape index (κ3) is 4.91. The summed E-state index contributed by atoms with van der Waals surface area (Å²) in [6.07, 6.45) is 1.39. The lowest BCUT2D eigenvalue weighted by atomic mass is 9.95. The molecular formula is C26H20ClFN6O4. The number of halogens is 2. The summed E-state index contributed by atoms with van der Waals surface area (Å²) in [6.45, 7) is 1.69. The van der Waals surface area contributed by atoms with Crippen LogP contribution in [0.4, 0.5) is 16.2 Å². The lowest BCUT2D eigenvalue weighted by Gasteiger charge is -2.26. The summed E-state index contributed by atoms with van der Waals surface area (Å²) in [5.41, 5.74) is 1.85. The van der Waals surface area contributed by atoms with Gasteiger partial charge in [-0.25, -0.2) is 19.2 Å². The number of anilines is 2. The highest BCUT2D eigenvalue weighted by atomic mass is 35.5. The van der Waals surface area contributed by atoms with Crippen molar-refractivity contribution < 1.29 is 23.1 Å². The van der Waals surface area contributed by atoms with E-state index >= 15 is 0 Å². The Bertz CT molecular complexity index is 1630. The fourth-order valence-corrected chi connectivity index (χ4v) is 4.19. The molecule has 1 unspecified atom stereocenters. The fraction of sp³-hybridized carbons (Fsp3) is 0.115. The molecule has 0 saturated heterocycles. The van der Waals surface area contributed by atoms with Crippen LogP contribution in [0.3, 0.4) is 0 Å². The third-order valence-electron chi connectivity index (χ3n) is 5.70. The molecule has 192 valence electrons. The molecule has 0 radical (unpaired) electrons. The lowest BCUT2D eigenvalue weighted by Crippen LogP contribution is -2.37. The van der Waals surface area contributed by atoms with Gasteiger partial charge in [0.1, 0.15) is 17.4 Å². The number of esters is 1. The summed E-state index contributed by atoms with van der Waals surface area (Å²) in [6, 6.07) is 13.5. The van der Waals surface area contributed by atoms with Crippen molar-refractivity contribution >= 4 is 52.4 Å². The molecule has 2 aromatic carbocycles. The zero-order valence-corrected chi connectivity index (χ0v) is 20.8. The number of nitrogens with one attached hydrogen (secondary N) is 3. The first-order valence-corrected chi connectivity index (χ1v) is 11.7. The van der Waals surface area contributed by atoms with Gasteiger partial charge in [0, 0.05) is 22.5 Å². The Balaban J connectivity index is 1.48. The van der Waals surface area contributed by atoms with Crippen molar-refractivity contribution in [1.82, 2.24) is 15.3 Å². The molecule has 38 heavy (non-hydrogen) atoms. The van der Waals surface area contributed by atoms with Crippen LogP contribution >= 0.6 is 11.6 Å². The van der Waals surface area contributed by atoms with Crippen molar-refractivity contribution in [2.45, 2.75) is 13.0 Å². The van der Waals surface area contributed by atoms with Gasteiger partial charge >= 0.3 is 12.0 Å². The Kier molecular flexibility index (Phi) is 6.75. The van der Waals surface area contributed by atoms with E-state index < -0.39 is 23.7 Å². The minimum absolute atomic E-state index is 0.00285. The number of para-hydroxylation sites is 1. The monoisotopic (exact) mass is 534 g/mol. The van der Waals surface area contributed by atoms with E-state index in [0.717, 1.165) is 0 Å². The number of oxazole rings is 1. The number of allylic oxidation sites excluding steroid dienone is 1. The van der Waals surface area contributed by atoms with Crippen LogP contribution in [0.5, 0.6) is 0 Å². The van der Waals surface area contributed by atoms with Gasteiger partial charge in [-0.1, -0.05) is 35.9 Å². The molecule has 1 aliphatic rings. The number of fused-ring (bicyclic) bond motifs is 1. The van der Waals surface area contributed by atoms with Gasteiger partial charge in [0.25, 0.3) is 5.91 Å². The van der Waals surface area contributed by atoms with Gasteiger partial charge in [0.05, 0.1) is 18.2 Å². The maximum absolute atomic E-state index is 14.1. The quantitative estimate of drug-likeness (QED) is 0.310. The zero-order chi connectivity index (χ0) is 26.8. The summed E-state index contributed by atoms with van der Waals surface area (Å²) in [4.78, 5) is 38.4. The van der Waals surface area contributed by atoms with E-state index in [0.29, 0.717) is 21.8 Å². The number of amides is 1. The Morgan fingerprint density at radius 2 is 1.97 bits per heavy atom. The number of nitrogens with zero attached hydrogens (tertiary/aromatic N) is 3. The summed E-state index contributed by atoms with van der Waals surface area (Å²) in [5.74, 6) is -1.26. The molecule has 2 aromatic heterocycles. The molecule has 5 rings (SSSR count). The van der Waals surface area contributed by atoms with Gasteiger partial charge in [-0.3, -0.25) is 10.1 Å². The number of rotatable bonds is 5. The minimum Gasteiger partial charge on any atom is -0.465 e. The second-order valence-electron chi connectivity index (χ2n) is 8.17. The van der Waals surface area contributed by atoms with Crippen LogP contribution in [0.25, 0.3) is 11.1 Å². The number of aromatic nitrogens is 2. The smallest absolute Gasteiger partial charge is 0.338 e. The SMILES string of the molecule is COC(=O)c1ccnc(NC(=O)C2=C(C)NC(Nc3nc4cccc(F)c4o3)=NC2c2ccccc2Cl)c1. The normalized spacial score (nSPS) is 15.1. The largest absolute Gasteiger partial charge is 0.465 e. The number of aliphatic imine (C=N–C) groups is 1. The standard InChI is InChI=1S/C26H20ClFN6O4/c1-13-20(23(35)32-19-12-14(10-11-29-19)24(36)37-2)21(15-6-3-4-7-16(15)27)33-25(30-13)34-26-31-18-9-5-8-17(28)22(18)38-26/h3-12,21H,1-2H3,(H,29,32,35)(H2,30,31,33,34). The number of guanidine groups is 1. The summed E-state index contributed by atoms with van der Waals surface area (Å²) < 4.78 is 24.3. The van der Waals surface area contributed by atoms with E-state index in [1.807, 2.05) is 0 Å². The van der Waals surface area contributed by atoms with E-state index in [2.05, 4.69) is 30.9 Å². The predicted molar refractivity (Wildman–Crippen MR) is 139 cm³/mol. The Morgan fingerprint density at radius 3 is 2.74 bits per heavy atom. The third-order valence-corrected chi connectivity index (χ3v) is 6.05. The maximum Gasteiger partial charge on any atom is 0.338 e. The number of carbonyl (C=O) groups excluding carboxylic acids is 2. The molecule has 0 bridgehead atoms. The molecule has 3 N–H and O–H groups in total. The first-order valence-electron chi connectivity index (χ1n) is 11.3. The van der Waals surface area contributed by atoms with Crippen molar-refractivity contribution in [3.05, 3.63) is 94.0 Å². The molecule has 0 aliphatic carbocycles. The lowest BCUT2D eigenvalue weighted by molar-refractivity contribution is -0.113. The molecular weight excluding hydrogens is 515 g/mol. The van der Waals surface area contributed by atoms with E-state index in [4.69, 9.17) is 20.8 Å². The molecule has 1 amide bonds. The van der Waals surface area contributed by atoms with Gasteiger partial charge in [0.2, 0.25) is 5.96 Å². The maximum atomic E-state index is 14.1. The first kappa shape index (κ1) is 24.9. The van der Waals surface area contributed by atoms with Crippen LogP contribution in [0.15, 0.2) is 81.5 Å². The van der Waals surface area contributed by atoms with Gasteiger partial charge in [-0.05, 0) is 37.3 Å². The highest BCUT2D eigenvalue weighted by molar-refractivity contribution is 6.31. The van der Waals surface area contributed by atoms with Crippen molar-refractivity contribution in [2.75, 3.05) is 17.7 Å². The highest BCUT2D eigenvalue weighted by Gasteiger charge is 2.31. The average Bonchev–Trinajstić information content (AvgIpc) is 3.32. The summed E-state index contributed by atoms with van der Waals surface area (Å²) >= 11 is 6.49. The minimum atomic E-state index is -0.836. The fourth-order valence-electron chi connectivity index (χ4n) is 3.95. The average molecular weight is 535 g/mol. The molecule has 1 atom stereocenters. The van der Waals surface area contributed by atoms with Crippen LogP contribution in [-0.4, -0.2) is 34.9 Å². The number of hydrogen-bond acceptors (Lipinski definition) is 9. The number of carbonyl (C=O) groups is 2. The Morgan fingerprint density at radius 1 is 1.16 bits per heavy atom. The van der Waals surface area contributed by atoms with Crippen LogP contribution in [0.1, 0.15) is 28.9 Å². The predicted octanol–water partition coefficient (Wildman–Crippen LogP) is 4.83. The molecule has 0 fully saturated rings. The molecule has 12 heteroatoms. The molecule has 0 saturated carbocycles. The molecule has 4 aromatic rings. The molecule has 10 nitrogen and oxygen atoms in total. The van der Waals surface area contributed by atoms with Gasteiger partial charge < -0.3 is 19.8 Å². The van der Waals surface area contributed by atoms with Gasteiger partial charge in [-0.2, -0.15) is 4.98 Å². The summed E-state index contributed by atoms with van der Waals surface area (Å²) in [5, 5.41) is 9.04. The topological polar surface area (TPSA) is 131 Å². The highest BCUT2D eigenvalue weighted by Crippen LogP contribution is 2.35. The van der Waals surface area contributed by atoms with Gasteiger partial charge in [0.15, 0.2) is 11.4 Å². The number of ether oxygens (including phenoxy) is 1. The second-order valence-corrected chi connectivity index (χ2v) is 8.58. The van der Waals surface area contributed by atoms with Crippen LogP contribution < -0.4 is 16.0 Å². The van der Waals surface area contributed by atoms with Gasteiger partial charge in [-0.15, -0.1) is 0 Å². The molecule has 1 aliphatic heterocycles. The van der Waals surface area contributed by atoms with Crippen LogP contribution in [0.2, 0.25) is 5.02 Å². The molecule has 0 spiro atoms. The Hall–Kier alpha value is -4.77. The zero-order valence-electron chi connectivity index (χ0n) is 20.1. The van der Waals surface area contributed by atoms with E-state index in [-0.39, 0.29) is 34.5 Å². The van der Waals surface area contributed by atoms with Crippen molar-refractivity contribution in [1.29, 1.82) is 0 Å². The number of methoxy groups -OCH3 is 1. The van der Waals surface area contributed by atoms with E-state index in [1.54, 1.807) is 37.3 Å². The summed E-state index contributed by atoms with van der Waals surface area (Å²) in [7, 11) is 1.26. The number of benzene rings is 2. The Labute approximate surface area is 220 Å². The van der Waals surface area contributed by atoms with Crippen LogP contribution in [-0.2, 0) is 9.53 Å². The number of hydrogen-bond donors (Lipinski definition) is 3. The van der Waals surface area contributed by atoms with Crippen molar-refractivity contribution in [3.8, 4) is 0 Å². The number of pyridine rings is 1. The van der Waals surface area contributed by atoms with Crippen molar-refractivity contribution in [3.63, 3.8) is 0 Å². The van der Waals surface area contributed by atoms with E-state index in [9.17, 15) is 14.0 Å². The van der Waals surface area contributed by atoms with Crippen LogP contribution in [0, 0.1) is 5.82 Å². The van der Waals surface area contributed by atoms with Crippen molar-refractivity contribution in [2.24, 2.45) is 4.99 Å².